The van der Waals surface area contributed by atoms with E-state index in [4.69, 9.17) is 4.74 Å². The third-order valence-corrected chi connectivity index (χ3v) is 5.08. The number of halogens is 2. The van der Waals surface area contributed by atoms with Crippen LogP contribution in [0.2, 0.25) is 0 Å². The molecule has 0 aliphatic carbocycles. The molecule has 0 amide bonds. The molecule has 2 heterocycles. The first-order chi connectivity index (χ1) is 13.2. The van der Waals surface area contributed by atoms with Gasteiger partial charge in [0.25, 0.3) is 5.56 Å². The Morgan fingerprint density at radius 2 is 2.07 bits per heavy atom. The molecule has 0 aliphatic rings. The number of imidazole rings is 1. The molecule has 0 unspecified atom stereocenters. The number of aromatic amines is 2. The van der Waals surface area contributed by atoms with Crippen LogP contribution in [0.25, 0.3) is 0 Å². The fourth-order valence-corrected chi connectivity index (χ4v) is 3.46. The molecule has 3 aromatic rings. The zero-order valence-electron chi connectivity index (χ0n) is 16.2. The number of aryl methyl sites for hydroxylation is 1. The van der Waals surface area contributed by atoms with E-state index in [0.717, 1.165) is 34.2 Å². The minimum Gasteiger partial charge on any atom is -0.497 e. The highest BCUT2D eigenvalue weighted by atomic mass is 79.9. The van der Waals surface area contributed by atoms with Gasteiger partial charge in [-0.15, -0.1) is 34.0 Å². The van der Waals surface area contributed by atoms with Gasteiger partial charge in [-0.3, -0.25) is 9.78 Å². The van der Waals surface area contributed by atoms with Crippen molar-refractivity contribution < 1.29 is 4.74 Å². The number of benzene rings is 1. The van der Waals surface area contributed by atoms with Crippen LogP contribution in [-0.2, 0) is 12.2 Å². The van der Waals surface area contributed by atoms with Crippen molar-refractivity contribution in [1.29, 1.82) is 0 Å². The van der Waals surface area contributed by atoms with Crippen LogP contribution in [-0.4, -0.2) is 39.3 Å². The summed E-state index contributed by atoms with van der Waals surface area (Å²) in [6.45, 7) is 2.73. The Labute approximate surface area is 195 Å². The van der Waals surface area contributed by atoms with E-state index in [1.54, 1.807) is 31.4 Å². The zero-order chi connectivity index (χ0) is 19.1. The molecule has 10 heteroatoms. The molecule has 1 aromatic carbocycles. The van der Waals surface area contributed by atoms with Crippen LogP contribution >= 0.6 is 45.7 Å². The average molecular weight is 547 g/mol. The summed E-state index contributed by atoms with van der Waals surface area (Å²) < 4.78 is 5.22. The molecule has 0 saturated heterocycles. The lowest BCUT2D eigenvalue weighted by molar-refractivity contribution is 0.414. The summed E-state index contributed by atoms with van der Waals surface area (Å²) in [4.78, 5) is 26.8. The maximum absolute atomic E-state index is 12.3. The number of thioether (sulfide) groups is 1. The molecule has 3 rings (SSSR count). The minimum atomic E-state index is -0.130. The third-order valence-electron chi connectivity index (χ3n) is 4.11. The number of methoxy groups -OCH3 is 1. The van der Waals surface area contributed by atoms with Gasteiger partial charge in [-0.25, -0.2) is 9.97 Å². The average Bonchev–Trinajstić information content (AvgIpc) is 3.08. The second-order valence-electron chi connectivity index (χ2n) is 6.07. The Morgan fingerprint density at radius 1 is 1.24 bits per heavy atom. The quantitative estimate of drug-likeness (QED) is 0.352. The molecule has 0 bridgehead atoms. The summed E-state index contributed by atoms with van der Waals surface area (Å²) in [5.41, 5.74) is 3.68. The number of hydrogen-bond acceptors (Lipinski definition) is 6. The second kappa shape index (κ2) is 12.7. The summed E-state index contributed by atoms with van der Waals surface area (Å²) in [5, 5.41) is 3.15. The highest BCUT2D eigenvalue weighted by Crippen LogP contribution is 2.15. The van der Waals surface area contributed by atoms with Gasteiger partial charge in [0.2, 0.25) is 5.95 Å². The second-order valence-corrected chi connectivity index (χ2v) is 7.17. The molecular formula is C19H25Br2N5O2S. The van der Waals surface area contributed by atoms with Crippen LogP contribution in [0.5, 0.6) is 5.75 Å². The highest BCUT2D eigenvalue weighted by molar-refractivity contribution is 8.93. The molecule has 0 fully saturated rings. The van der Waals surface area contributed by atoms with Crippen LogP contribution in [0, 0.1) is 6.92 Å². The number of H-pyrrole nitrogens is 2. The highest BCUT2D eigenvalue weighted by Gasteiger charge is 2.05. The first kappa shape index (κ1) is 25.3. The molecule has 29 heavy (non-hydrogen) atoms. The number of rotatable bonds is 9. The van der Waals surface area contributed by atoms with Gasteiger partial charge >= 0.3 is 0 Å². The summed E-state index contributed by atoms with van der Waals surface area (Å²) in [6, 6.07) is 7.68. The molecule has 0 saturated carbocycles. The normalized spacial score (nSPS) is 10.0. The largest absolute Gasteiger partial charge is 0.497 e. The number of hydrogen-bond donors (Lipinski definition) is 3. The van der Waals surface area contributed by atoms with Crippen molar-refractivity contribution in [2.24, 2.45) is 0 Å². The molecular weight excluding hydrogens is 522 g/mol. The smallest absolute Gasteiger partial charge is 0.255 e. The van der Waals surface area contributed by atoms with Gasteiger partial charge in [-0.2, -0.15) is 11.8 Å². The van der Waals surface area contributed by atoms with Crippen molar-refractivity contribution in [2.75, 3.05) is 24.7 Å². The van der Waals surface area contributed by atoms with Gasteiger partial charge in [-0.1, -0.05) is 12.1 Å². The predicted octanol–water partition coefficient (Wildman–Crippen LogP) is 3.90. The van der Waals surface area contributed by atoms with Gasteiger partial charge in [0, 0.05) is 41.9 Å². The molecule has 0 radical (unpaired) electrons. The molecule has 0 aliphatic heterocycles. The molecule has 158 valence electrons. The van der Waals surface area contributed by atoms with E-state index in [1.807, 2.05) is 31.2 Å². The molecule has 0 spiro atoms. The monoisotopic (exact) mass is 545 g/mol. The van der Waals surface area contributed by atoms with E-state index < -0.39 is 0 Å². The van der Waals surface area contributed by atoms with Crippen molar-refractivity contribution in [3.05, 3.63) is 69.7 Å². The van der Waals surface area contributed by atoms with Crippen molar-refractivity contribution >= 4 is 51.7 Å². The number of ether oxygens (including phenoxy) is 1. The summed E-state index contributed by atoms with van der Waals surface area (Å²) in [7, 11) is 1.63. The van der Waals surface area contributed by atoms with E-state index in [1.165, 1.54) is 0 Å². The molecule has 7 nitrogen and oxygen atoms in total. The van der Waals surface area contributed by atoms with E-state index in [0.29, 0.717) is 24.5 Å². The van der Waals surface area contributed by atoms with Gasteiger partial charge in [-0.05, 0) is 24.6 Å². The first-order valence-electron chi connectivity index (χ1n) is 8.67. The summed E-state index contributed by atoms with van der Waals surface area (Å²) in [5.74, 6) is 3.02. The minimum absolute atomic E-state index is 0. The van der Waals surface area contributed by atoms with Crippen molar-refractivity contribution in [3.63, 3.8) is 0 Å². The fourth-order valence-electron chi connectivity index (χ4n) is 2.58. The van der Waals surface area contributed by atoms with Gasteiger partial charge in [0.05, 0.1) is 19.1 Å². The van der Waals surface area contributed by atoms with Crippen LogP contribution < -0.4 is 15.6 Å². The topological polar surface area (TPSA) is 95.7 Å². The lowest BCUT2D eigenvalue weighted by Crippen LogP contribution is -2.18. The van der Waals surface area contributed by atoms with Gasteiger partial charge < -0.3 is 15.0 Å². The lowest BCUT2D eigenvalue weighted by Gasteiger charge is -2.07. The van der Waals surface area contributed by atoms with Gasteiger partial charge in [0.1, 0.15) is 5.75 Å². The number of nitrogens with one attached hydrogen (secondary N) is 3. The van der Waals surface area contributed by atoms with Crippen molar-refractivity contribution in [1.82, 2.24) is 19.9 Å². The third kappa shape index (κ3) is 7.52. The summed E-state index contributed by atoms with van der Waals surface area (Å²) >= 11 is 1.78. The molecule has 0 atom stereocenters. The van der Waals surface area contributed by atoms with Gasteiger partial charge in [0.15, 0.2) is 0 Å². The zero-order valence-corrected chi connectivity index (χ0v) is 20.5. The Morgan fingerprint density at radius 3 is 2.76 bits per heavy atom. The van der Waals surface area contributed by atoms with E-state index in [9.17, 15) is 4.79 Å². The Balaban J connectivity index is 0.00000210. The molecule has 3 N–H and O–H groups in total. The van der Waals surface area contributed by atoms with Crippen molar-refractivity contribution in [3.8, 4) is 5.75 Å². The standard InChI is InChI=1S/C19H23N5O2S.2BrH/c1-13-17(23-12-22-13)11-27-7-6-20-19-21-10-15(18(25)24-19)8-14-4-3-5-16(9-14)26-2;;/h3-5,9-10,12H,6-8,11H2,1-2H3,(H,22,23)(H2,20,21,24,25);2*1H. The maximum atomic E-state index is 12.3. The maximum Gasteiger partial charge on any atom is 0.255 e. The predicted molar refractivity (Wildman–Crippen MR) is 129 cm³/mol. The number of nitrogens with zero attached hydrogens (tertiary/aromatic N) is 2. The Hall–Kier alpha value is -1.78. The lowest BCUT2D eigenvalue weighted by atomic mass is 10.1. The SMILES string of the molecule is Br.Br.COc1cccc(Cc2cnc(NCCSCc3nc[nH]c3C)[nH]c2=O)c1. The van der Waals surface area contributed by atoms with E-state index >= 15 is 0 Å². The fraction of sp³-hybridized carbons (Fsp3) is 0.316. The van der Waals surface area contributed by atoms with Crippen molar-refractivity contribution in [2.45, 2.75) is 19.1 Å². The van der Waals surface area contributed by atoms with E-state index in [2.05, 4.69) is 25.3 Å². The number of aromatic nitrogens is 4. The van der Waals surface area contributed by atoms with Crippen LogP contribution in [0.15, 0.2) is 41.6 Å². The first-order valence-corrected chi connectivity index (χ1v) is 9.83. The van der Waals surface area contributed by atoms with Crippen LogP contribution in [0.4, 0.5) is 5.95 Å². The molecule has 2 aromatic heterocycles. The number of anilines is 1. The Kier molecular flexibility index (Phi) is 11.1. The Bertz CT molecular complexity index is 948. The summed E-state index contributed by atoms with van der Waals surface area (Å²) in [6.07, 6.45) is 3.85. The van der Waals surface area contributed by atoms with Crippen LogP contribution in [0.1, 0.15) is 22.5 Å². The van der Waals surface area contributed by atoms with E-state index in [-0.39, 0.29) is 39.5 Å². The van der Waals surface area contributed by atoms with Crippen LogP contribution in [0.3, 0.4) is 0 Å².